The summed E-state index contributed by atoms with van der Waals surface area (Å²) in [4.78, 5) is 47.3. The first-order valence-electron chi connectivity index (χ1n) is 13.1. The largest absolute Gasteiger partial charge is 0.464 e. The van der Waals surface area contributed by atoms with E-state index in [2.05, 4.69) is 15.3 Å². The van der Waals surface area contributed by atoms with Crippen molar-refractivity contribution in [2.24, 2.45) is 16.6 Å². The molecule has 0 saturated carbocycles. The number of carbonyl (C=O) groups excluding carboxylic acids is 3. The molecule has 0 aliphatic carbocycles. The first kappa shape index (κ1) is 31.3. The van der Waals surface area contributed by atoms with Crippen molar-refractivity contribution in [1.29, 1.82) is 0 Å². The van der Waals surface area contributed by atoms with Gasteiger partial charge in [-0.25, -0.2) is 13.8 Å². The predicted octanol–water partition coefficient (Wildman–Crippen LogP) is 4.93. The van der Waals surface area contributed by atoms with Crippen molar-refractivity contribution in [3.8, 4) is 11.5 Å². The summed E-state index contributed by atoms with van der Waals surface area (Å²) in [6.45, 7) is 3.34. The van der Waals surface area contributed by atoms with Crippen molar-refractivity contribution in [2.45, 2.75) is 32.2 Å². The zero-order valence-electron chi connectivity index (χ0n) is 23.1. The van der Waals surface area contributed by atoms with Gasteiger partial charge in [-0.05, 0) is 35.7 Å². The maximum absolute atomic E-state index is 14.9. The van der Waals surface area contributed by atoms with Gasteiger partial charge in [-0.3, -0.25) is 19.4 Å². The van der Waals surface area contributed by atoms with Crippen molar-refractivity contribution in [3.05, 3.63) is 88.2 Å². The molecular weight excluding hydrogens is 584 g/mol. The van der Waals surface area contributed by atoms with Gasteiger partial charge in [0.15, 0.2) is 23.1 Å². The van der Waals surface area contributed by atoms with Gasteiger partial charge in [0, 0.05) is 36.7 Å². The number of rotatable bonds is 10. The van der Waals surface area contributed by atoms with Crippen LogP contribution in [0.5, 0.6) is 11.5 Å². The Kier molecular flexibility index (Phi) is 9.84. The molecule has 0 bridgehead atoms. The van der Waals surface area contributed by atoms with Gasteiger partial charge in [0.1, 0.15) is 28.3 Å². The number of nitrogen functional groups attached to an aromatic ring is 1. The highest BCUT2D eigenvalue weighted by Crippen LogP contribution is 2.34. The molecular formula is C30H28ClF2N5O5. The minimum absolute atomic E-state index is 0.00249. The van der Waals surface area contributed by atoms with Gasteiger partial charge in [-0.1, -0.05) is 37.6 Å². The van der Waals surface area contributed by atoms with Gasteiger partial charge in [-0.15, -0.1) is 0 Å². The molecule has 224 valence electrons. The van der Waals surface area contributed by atoms with Crippen LogP contribution in [0.25, 0.3) is 0 Å². The van der Waals surface area contributed by atoms with Crippen LogP contribution in [0, 0.1) is 17.6 Å². The van der Waals surface area contributed by atoms with Gasteiger partial charge in [0.25, 0.3) is 5.91 Å². The van der Waals surface area contributed by atoms with Crippen molar-refractivity contribution < 1.29 is 32.6 Å². The zero-order chi connectivity index (χ0) is 31.3. The molecule has 5 N–H and O–H groups in total. The number of anilines is 2. The SMILES string of the molecule is CC(C)[C@H](N)C(=O)OCCC1=C(C(=O)Nc2ccc(Oc3ccnc(N)c3Cl)c(F)c2)C(=O)C(c2ccc(F)cc2)C=N1. The van der Waals surface area contributed by atoms with E-state index in [9.17, 15) is 23.2 Å². The molecule has 1 amide bonds. The van der Waals surface area contributed by atoms with Crippen molar-refractivity contribution >= 4 is 47.0 Å². The number of nitrogens with zero attached hydrogens (tertiary/aromatic N) is 2. The van der Waals surface area contributed by atoms with Gasteiger partial charge in [0.2, 0.25) is 0 Å². The summed E-state index contributed by atoms with van der Waals surface area (Å²) in [6.07, 6.45) is 2.61. The molecule has 2 atom stereocenters. The third-order valence-electron chi connectivity index (χ3n) is 6.52. The minimum atomic E-state index is -0.980. The fraction of sp³-hybridized carbons (Fsp3) is 0.233. The van der Waals surface area contributed by atoms with Crippen molar-refractivity contribution in [3.63, 3.8) is 0 Å². The average Bonchev–Trinajstić information content (AvgIpc) is 2.96. The van der Waals surface area contributed by atoms with Gasteiger partial charge in [-0.2, -0.15) is 0 Å². The Labute approximate surface area is 250 Å². The Bertz CT molecular complexity index is 1610. The lowest BCUT2D eigenvalue weighted by molar-refractivity contribution is -0.146. The molecule has 2 aromatic carbocycles. The Morgan fingerprint density at radius 2 is 1.81 bits per heavy atom. The molecule has 1 aliphatic heterocycles. The summed E-state index contributed by atoms with van der Waals surface area (Å²) in [5.74, 6) is -4.73. The van der Waals surface area contributed by atoms with E-state index >= 15 is 0 Å². The van der Waals surface area contributed by atoms with E-state index in [-0.39, 0.29) is 58.2 Å². The molecule has 10 nitrogen and oxygen atoms in total. The average molecular weight is 612 g/mol. The number of ether oxygens (including phenoxy) is 2. The highest BCUT2D eigenvalue weighted by molar-refractivity contribution is 6.34. The quantitative estimate of drug-likeness (QED) is 0.215. The number of aromatic nitrogens is 1. The third-order valence-corrected chi connectivity index (χ3v) is 6.90. The fourth-order valence-electron chi connectivity index (χ4n) is 4.04. The predicted molar refractivity (Wildman–Crippen MR) is 157 cm³/mol. The number of Topliss-reactive ketones (excluding diaryl/α,β-unsaturated/α-hetero) is 1. The van der Waals surface area contributed by atoms with Crippen LogP contribution < -0.4 is 21.5 Å². The second kappa shape index (κ2) is 13.5. The zero-order valence-corrected chi connectivity index (χ0v) is 23.9. The molecule has 43 heavy (non-hydrogen) atoms. The Morgan fingerprint density at radius 1 is 1.09 bits per heavy atom. The number of hydrogen-bond donors (Lipinski definition) is 3. The topological polar surface area (TPSA) is 159 Å². The lowest BCUT2D eigenvalue weighted by atomic mass is 9.87. The minimum Gasteiger partial charge on any atom is -0.464 e. The van der Waals surface area contributed by atoms with Gasteiger partial charge < -0.3 is 26.3 Å². The fourth-order valence-corrected chi connectivity index (χ4v) is 4.20. The number of carbonyl (C=O) groups is 3. The van der Waals surface area contributed by atoms with E-state index in [1.165, 1.54) is 54.9 Å². The number of aliphatic imine (C=N–C) groups is 1. The normalized spacial score (nSPS) is 15.4. The second-order valence-electron chi connectivity index (χ2n) is 9.89. The van der Waals surface area contributed by atoms with Crippen molar-refractivity contribution in [1.82, 2.24) is 4.98 Å². The highest BCUT2D eigenvalue weighted by Gasteiger charge is 2.33. The maximum atomic E-state index is 14.9. The van der Waals surface area contributed by atoms with E-state index in [1.54, 1.807) is 13.8 Å². The number of halogens is 3. The Hall–Kier alpha value is -4.68. The Morgan fingerprint density at radius 3 is 2.49 bits per heavy atom. The van der Waals surface area contributed by atoms with E-state index in [1.807, 2.05) is 0 Å². The number of hydrogen-bond acceptors (Lipinski definition) is 9. The van der Waals surface area contributed by atoms with E-state index in [0.717, 1.165) is 6.07 Å². The molecule has 3 aromatic rings. The van der Waals surface area contributed by atoms with Crippen LogP contribution in [0.15, 0.2) is 71.0 Å². The first-order chi connectivity index (χ1) is 20.5. The lowest BCUT2D eigenvalue weighted by Crippen LogP contribution is -2.37. The number of nitrogens with one attached hydrogen (secondary N) is 1. The van der Waals surface area contributed by atoms with Crippen LogP contribution in [-0.4, -0.2) is 41.5 Å². The van der Waals surface area contributed by atoms with Crippen LogP contribution >= 0.6 is 11.6 Å². The monoisotopic (exact) mass is 611 g/mol. The Balaban J connectivity index is 1.57. The summed E-state index contributed by atoms with van der Waals surface area (Å²) >= 11 is 6.06. The first-order valence-corrected chi connectivity index (χ1v) is 13.5. The van der Waals surface area contributed by atoms with Gasteiger partial charge >= 0.3 is 5.97 Å². The summed E-state index contributed by atoms with van der Waals surface area (Å²) in [5, 5.41) is 2.51. The second-order valence-corrected chi connectivity index (χ2v) is 10.3. The molecule has 1 aromatic heterocycles. The van der Waals surface area contributed by atoms with Crippen molar-refractivity contribution in [2.75, 3.05) is 17.7 Å². The van der Waals surface area contributed by atoms with E-state index in [4.69, 9.17) is 32.5 Å². The number of esters is 1. The van der Waals surface area contributed by atoms with Crippen LogP contribution in [0.3, 0.4) is 0 Å². The number of amides is 1. The van der Waals surface area contributed by atoms with Gasteiger partial charge in [0.05, 0.1) is 18.2 Å². The molecule has 1 unspecified atom stereocenters. The summed E-state index contributed by atoms with van der Waals surface area (Å²) in [6, 6.07) is 9.37. The maximum Gasteiger partial charge on any atom is 0.323 e. The summed E-state index contributed by atoms with van der Waals surface area (Å²) < 4.78 is 39.2. The van der Waals surface area contributed by atoms with Crippen LogP contribution in [0.2, 0.25) is 5.02 Å². The van der Waals surface area contributed by atoms with Crippen LogP contribution in [-0.2, 0) is 19.1 Å². The van der Waals surface area contributed by atoms with Crippen LogP contribution in [0.1, 0.15) is 31.7 Å². The number of nitrogens with two attached hydrogens (primary N) is 2. The highest BCUT2D eigenvalue weighted by atomic mass is 35.5. The van der Waals surface area contributed by atoms with Crippen LogP contribution in [0.4, 0.5) is 20.3 Å². The standard InChI is InChI=1S/C30H28ClF2N5O5/c1-15(2)26(34)30(41)42-12-10-21-24(27(39)19(14-37-21)16-3-5-17(32)6-4-16)29(40)38-18-7-8-22(20(33)13-18)43-23-9-11-36-28(35)25(23)31/h3-9,11,13-15,19,26H,10,12,34H2,1-2H3,(H2,35,36)(H,38,40)/t19?,26-/m0/s1. The molecule has 0 saturated heterocycles. The number of ketones is 1. The molecule has 13 heteroatoms. The summed E-state index contributed by atoms with van der Waals surface area (Å²) in [7, 11) is 0. The molecule has 2 heterocycles. The number of benzene rings is 2. The molecule has 0 fully saturated rings. The summed E-state index contributed by atoms with van der Waals surface area (Å²) in [5.41, 5.74) is 11.6. The van der Waals surface area contributed by atoms with E-state index < -0.39 is 41.3 Å². The molecule has 0 spiro atoms. The lowest BCUT2D eigenvalue weighted by Gasteiger charge is -2.21. The van der Waals surface area contributed by atoms with E-state index in [0.29, 0.717) is 5.56 Å². The molecule has 4 rings (SSSR count). The third kappa shape index (κ3) is 7.40. The molecule has 0 radical (unpaired) electrons. The number of pyridine rings is 1. The molecule has 1 aliphatic rings. The smallest absolute Gasteiger partial charge is 0.323 e.